The van der Waals surface area contributed by atoms with Gasteiger partial charge < -0.3 is 24.8 Å². The van der Waals surface area contributed by atoms with Crippen molar-refractivity contribution in [2.45, 2.75) is 50.5 Å². The molecule has 2 unspecified atom stereocenters. The van der Waals surface area contributed by atoms with Gasteiger partial charge in [-0.25, -0.2) is 23.2 Å². The third-order valence-corrected chi connectivity index (χ3v) is 7.78. The summed E-state index contributed by atoms with van der Waals surface area (Å²) >= 11 is 11.6. The highest BCUT2D eigenvalue weighted by Crippen LogP contribution is 2.41. The highest BCUT2D eigenvalue weighted by molar-refractivity contribution is 6.31. The largest absolute Gasteiger partial charge is 0.461 e. The third-order valence-electron chi connectivity index (χ3n) is 7.18. The number of benzene rings is 2. The van der Waals surface area contributed by atoms with Crippen LogP contribution >= 0.6 is 23.2 Å². The second-order valence-electron chi connectivity index (χ2n) is 10.2. The number of nitrogens with zero attached hydrogens (tertiary/aromatic N) is 5. The molecular formula is C28H24Cl2F5N5O6. The topological polar surface area (TPSA) is 145 Å². The molecule has 5 rings (SSSR count). The van der Waals surface area contributed by atoms with Crippen LogP contribution in [0.5, 0.6) is 0 Å². The molecule has 2 aromatic heterocycles. The first-order valence-corrected chi connectivity index (χ1v) is 14.3. The summed E-state index contributed by atoms with van der Waals surface area (Å²) in [6.07, 6.45) is -10.5. The quantitative estimate of drug-likeness (QED) is 0.144. The van der Waals surface area contributed by atoms with Crippen molar-refractivity contribution in [3.63, 3.8) is 0 Å². The molecule has 0 radical (unpaired) electrons. The lowest BCUT2D eigenvalue weighted by atomic mass is 9.92. The van der Waals surface area contributed by atoms with Crippen molar-refractivity contribution in [3.05, 3.63) is 81.1 Å². The van der Waals surface area contributed by atoms with E-state index in [1.807, 2.05) is 0 Å². The van der Waals surface area contributed by atoms with Crippen molar-refractivity contribution >= 4 is 29.2 Å². The second-order valence-corrected chi connectivity index (χ2v) is 11.0. The summed E-state index contributed by atoms with van der Waals surface area (Å²) in [7, 11) is 0. The van der Waals surface area contributed by atoms with Gasteiger partial charge in [-0.1, -0.05) is 23.2 Å². The Bertz CT molecular complexity index is 1760. The van der Waals surface area contributed by atoms with Gasteiger partial charge in [0.15, 0.2) is 11.5 Å². The third kappa shape index (κ3) is 6.20. The Labute approximate surface area is 266 Å². The van der Waals surface area contributed by atoms with Crippen molar-refractivity contribution < 1.29 is 51.5 Å². The predicted octanol–water partition coefficient (Wildman–Crippen LogP) is 4.62. The average molecular weight is 692 g/mol. The Morgan fingerprint density at radius 1 is 1.09 bits per heavy atom. The Morgan fingerprint density at radius 3 is 2.37 bits per heavy atom. The molecule has 0 aliphatic carbocycles. The van der Waals surface area contributed by atoms with Gasteiger partial charge in [-0.2, -0.15) is 23.4 Å². The summed E-state index contributed by atoms with van der Waals surface area (Å²) in [5.41, 5.74) is -2.52. The van der Waals surface area contributed by atoms with E-state index in [9.17, 15) is 42.1 Å². The number of ether oxygens (including phenoxy) is 2. The molecule has 246 valence electrons. The first-order valence-electron chi connectivity index (χ1n) is 13.5. The molecule has 3 N–H and O–H groups in total. The summed E-state index contributed by atoms with van der Waals surface area (Å²) in [6.45, 7) is 1.93. The molecule has 2 aromatic carbocycles. The number of carbonyl (C=O) groups excluding carboxylic acids is 1. The summed E-state index contributed by atoms with van der Waals surface area (Å²) in [5.74, 6) is -3.71. The molecule has 0 amide bonds. The van der Waals surface area contributed by atoms with Gasteiger partial charge in [0.25, 0.3) is 0 Å². The molecule has 18 heteroatoms. The standard InChI is InChI=1S/C28H24Cl2F5N5O6/c1-3-45-27(44)21-14(12-6-16(31)20(30)17(32)7-12)9-39(38-21)22-23(42)19(10-41)46-25(24(22)43)26-36-11(2)37-40(26)18-8-13(29)4-5-15(18)28(33,34)35/h4-9,19,22-25,41-43H,3,10H2,1-2H3/t19?,22-,23-,24?,25+/m0/s1. The highest BCUT2D eigenvalue weighted by Gasteiger charge is 2.49. The van der Waals surface area contributed by atoms with Crippen LogP contribution in [0, 0.1) is 18.6 Å². The lowest BCUT2D eigenvalue weighted by Crippen LogP contribution is -2.53. The molecule has 0 spiro atoms. The lowest BCUT2D eigenvalue weighted by molar-refractivity contribution is -0.210. The minimum atomic E-state index is -4.86. The van der Waals surface area contributed by atoms with E-state index in [-0.39, 0.29) is 34.4 Å². The number of esters is 1. The number of carbonyl (C=O) groups is 1. The minimum Gasteiger partial charge on any atom is -0.461 e. The maximum absolute atomic E-state index is 14.4. The number of aliphatic hydroxyl groups excluding tert-OH is 3. The van der Waals surface area contributed by atoms with Crippen LogP contribution in [0.15, 0.2) is 36.5 Å². The van der Waals surface area contributed by atoms with Crippen molar-refractivity contribution in [1.29, 1.82) is 0 Å². The zero-order chi connectivity index (χ0) is 33.7. The van der Waals surface area contributed by atoms with Crippen molar-refractivity contribution in [2.24, 2.45) is 0 Å². The van der Waals surface area contributed by atoms with Gasteiger partial charge in [-0.15, -0.1) is 0 Å². The molecule has 5 atom stereocenters. The fraction of sp³-hybridized carbons (Fsp3) is 0.357. The first-order chi connectivity index (χ1) is 21.7. The SMILES string of the molecule is CCOC(=O)c1nn([C@@H]2C(O)[C@H](c3nc(C)nn3-c3cc(Cl)ccc3C(F)(F)F)OC(CO)[C@@H]2O)cc1-c1cc(F)c(Cl)c(F)c1. The van der Waals surface area contributed by atoms with Crippen LogP contribution in [0.1, 0.15) is 46.8 Å². The predicted molar refractivity (Wildman–Crippen MR) is 150 cm³/mol. The smallest absolute Gasteiger partial charge is 0.418 e. The Kier molecular flexibility index (Phi) is 9.41. The normalized spacial score (nSPS) is 21.9. The van der Waals surface area contributed by atoms with Crippen molar-refractivity contribution in [2.75, 3.05) is 13.2 Å². The molecule has 0 saturated carbocycles. The van der Waals surface area contributed by atoms with Crippen LogP contribution in [-0.2, 0) is 15.7 Å². The van der Waals surface area contributed by atoms with Gasteiger partial charge in [-0.05, 0) is 49.7 Å². The number of hydrogen-bond acceptors (Lipinski definition) is 9. The summed E-state index contributed by atoms with van der Waals surface area (Å²) < 4.78 is 83.2. The molecule has 1 fully saturated rings. The second kappa shape index (κ2) is 12.8. The van der Waals surface area contributed by atoms with E-state index < -0.39 is 82.8 Å². The van der Waals surface area contributed by atoms with E-state index >= 15 is 0 Å². The van der Waals surface area contributed by atoms with Gasteiger partial charge in [0.1, 0.15) is 52.9 Å². The van der Waals surface area contributed by atoms with E-state index in [2.05, 4.69) is 15.2 Å². The van der Waals surface area contributed by atoms with E-state index in [0.29, 0.717) is 0 Å². The van der Waals surface area contributed by atoms with Crippen LogP contribution in [-0.4, -0.2) is 77.4 Å². The van der Waals surface area contributed by atoms with Crippen LogP contribution in [0.4, 0.5) is 22.0 Å². The van der Waals surface area contributed by atoms with Crippen LogP contribution < -0.4 is 0 Å². The maximum Gasteiger partial charge on any atom is 0.418 e. The zero-order valence-corrected chi connectivity index (χ0v) is 25.2. The number of halogens is 7. The van der Waals surface area contributed by atoms with Crippen molar-refractivity contribution in [3.8, 4) is 16.8 Å². The fourth-order valence-corrected chi connectivity index (χ4v) is 5.43. The van der Waals surface area contributed by atoms with Gasteiger partial charge in [0.2, 0.25) is 0 Å². The zero-order valence-electron chi connectivity index (χ0n) is 23.7. The van der Waals surface area contributed by atoms with Gasteiger partial charge >= 0.3 is 12.1 Å². The molecule has 0 bridgehead atoms. The number of aliphatic hydroxyl groups is 3. The van der Waals surface area contributed by atoms with Crippen molar-refractivity contribution in [1.82, 2.24) is 24.5 Å². The van der Waals surface area contributed by atoms with E-state index in [0.717, 1.165) is 45.9 Å². The number of rotatable bonds is 7. The number of aromatic nitrogens is 5. The number of aryl methyl sites for hydroxylation is 1. The molecule has 3 heterocycles. The van der Waals surface area contributed by atoms with Crippen LogP contribution in [0.3, 0.4) is 0 Å². The Hall–Kier alpha value is -3.67. The molecular weight excluding hydrogens is 668 g/mol. The maximum atomic E-state index is 14.4. The molecule has 4 aromatic rings. The van der Waals surface area contributed by atoms with Crippen LogP contribution in [0.25, 0.3) is 16.8 Å². The summed E-state index contributed by atoms with van der Waals surface area (Å²) in [4.78, 5) is 17.0. The van der Waals surface area contributed by atoms with E-state index in [1.54, 1.807) is 0 Å². The molecule has 1 saturated heterocycles. The fourth-order valence-electron chi connectivity index (χ4n) is 5.16. The van der Waals surface area contributed by atoms with E-state index in [4.69, 9.17) is 32.7 Å². The summed E-state index contributed by atoms with van der Waals surface area (Å²) in [6, 6.07) is 2.85. The number of alkyl halides is 3. The van der Waals surface area contributed by atoms with Gasteiger partial charge in [0.05, 0.1) is 24.5 Å². The molecule has 46 heavy (non-hydrogen) atoms. The molecule has 11 nitrogen and oxygen atoms in total. The Morgan fingerprint density at radius 2 is 1.76 bits per heavy atom. The molecule has 1 aliphatic rings. The van der Waals surface area contributed by atoms with E-state index in [1.165, 1.54) is 13.8 Å². The summed E-state index contributed by atoms with van der Waals surface area (Å²) in [5, 5.41) is 40.2. The average Bonchev–Trinajstić information content (AvgIpc) is 3.59. The first kappa shape index (κ1) is 33.7. The van der Waals surface area contributed by atoms with Crippen LogP contribution in [0.2, 0.25) is 10.0 Å². The minimum absolute atomic E-state index is 0.0279. The highest BCUT2D eigenvalue weighted by atomic mass is 35.5. The number of hydrogen-bond donors (Lipinski definition) is 3. The van der Waals surface area contributed by atoms with Gasteiger partial charge in [0, 0.05) is 16.8 Å². The monoisotopic (exact) mass is 691 g/mol. The lowest BCUT2D eigenvalue weighted by Gasteiger charge is -2.42. The Balaban J connectivity index is 1.66. The molecule has 1 aliphatic heterocycles. The van der Waals surface area contributed by atoms with Gasteiger partial charge in [-0.3, -0.25) is 4.68 Å².